The fourth-order valence-corrected chi connectivity index (χ4v) is 7.41. The monoisotopic (exact) mass is 925 g/mol. The lowest BCUT2D eigenvalue weighted by molar-refractivity contribution is -0.305. The van der Waals surface area contributed by atoms with Gasteiger partial charge in [-0.3, -0.25) is 4.79 Å². The third-order valence-corrected chi connectivity index (χ3v) is 11.5. The molecule has 1 aliphatic heterocycles. The second-order valence-corrected chi connectivity index (χ2v) is 17.6. The second-order valence-electron chi connectivity index (χ2n) is 17.6. The summed E-state index contributed by atoms with van der Waals surface area (Å²) in [4.78, 5) is 12.8. The van der Waals surface area contributed by atoms with Crippen molar-refractivity contribution in [2.75, 3.05) is 26.4 Å². The predicted molar refractivity (Wildman–Crippen MR) is 274 cm³/mol. The lowest BCUT2D eigenvalue weighted by atomic mass is 9.99. The van der Waals surface area contributed by atoms with Crippen LogP contribution < -0.4 is 0 Å². The van der Waals surface area contributed by atoms with Crippen molar-refractivity contribution in [1.29, 1.82) is 0 Å². The van der Waals surface area contributed by atoms with Gasteiger partial charge in [0.05, 0.1) is 19.8 Å². The molecule has 6 unspecified atom stereocenters. The zero-order valence-corrected chi connectivity index (χ0v) is 41.7. The number of rotatable bonds is 44. The molecule has 9 nitrogen and oxygen atoms in total. The van der Waals surface area contributed by atoms with E-state index >= 15 is 0 Å². The molecule has 0 aliphatic carbocycles. The fourth-order valence-electron chi connectivity index (χ4n) is 7.41. The van der Waals surface area contributed by atoms with Crippen LogP contribution in [0.3, 0.4) is 0 Å². The van der Waals surface area contributed by atoms with Gasteiger partial charge in [-0.25, -0.2) is 0 Å². The third-order valence-electron chi connectivity index (χ3n) is 11.5. The highest BCUT2D eigenvalue weighted by atomic mass is 16.7. The molecule has 4 N–H and O–H groups in total. The maximum absolute atomic E-state index is 12.8. The van der Waals surface area contributed by atoms with Crippen LogP contribution in [0.15, 0.2) is 97.2 Å². The minimum atomic E-state index is -1.55. The highest BCUT2D eigenvalue weighted by Crippen LogP contribution is 2.22. The minimum absolute atomic E-state index is 0.120. The summed E-state index contributed by atoms with van der Waals surface area (Å²) < 4.78 is 22.9. The molecule has 1 heterocycles. The summed E-state index contributed by atoms with van der Waals surface area (Å²) in [7, 11) is 0. The molecule has 0 aromatic rings. The Morgan fingerprint density at radius 1 is 0.500 bits per heavy atom. The molecule has 0 spiro atoms. The van der Waals surface area contributed by atoms with Crippen molar-refractivity contribution < 1.29 is 44.2 Å². The van der Waals surface area contributed by atoms with Crippen molar-refractivity contribution in [2.45, 2.75) is 230 Å². The molecule has 0 saturated carbocycles. The Hall–Kier alpha value is -2.89. The SMILES string of the molecule is CC/C=C\C/C=C\C/C=C\C/C=C\C/C=C\C/C=C\C/C=C\CCCCCCOCC(COC1OC(CO)C(O)C(O)C1O)OC(=O)CCCCCCCCC/C=C\CCCCCCCC. The highest BCUT2D eigenvalue weighted by molar-refractivity contribution is 5.69. The van der Waals surface area contributed by atoms with Crippen LogP contribution in [0.1, 0.15) is 194 Å². The van der Waals surface area contributed by atoms with Gasteiger partial charge >= 0.3 is 5.97 Å². The van der Waals surface area contributed by atoms with E-state index in [1.54, 1.807) is 0 Å². The van der Waals surface area contributed by atoms with E-state index in [9.17, 15) is 25.2 Å². The Kier molecular flexibility index (Phi) is 43.7. The zero-order chi connectivity index (χ0) is 47.8. The minimum Gasteiger partial charge on any atom is -0.457 e. The molecule has 1 fully saturated rings. The van der Waals surface area contributed by atoms with E-state index in [2.05, 4.69) is 111 Å². The van der Waals surface area contributed by atoms with E-state index < -0.39 is 43.4 Å². The molecule has 6 atom stereocenters. The molecule has 9 heteroatoms. The van der Waals surface area contributed by atoms with E-state index in [0.717, 1.165) is 103 Å². The smallest absolute Gasteiger partial charge is 0.306 e. The maximum Gasteiger partial charge on any atom is 0.306 e. The zero-order valence-electron chi connectivity index (χ0n) is 41.7. The summed E-state index contributed by atoms with van der Waals surface area (Å²) in [6.07, 6.45) is 58.7. The van der Waals surface area contributed by atoms with Crippen LogP contribution in [0.4, 0.5) is 0 Å². The number of aliphatic hydroxyl groups excluding tert-OH is 4. The number of carbonyl (C=O) groups is 1. The number of aliphatic hydroxyl groups is 4. The van der Waals surface area contributed by atoms with Crippen LogP contribution in [0.2, 0.25) is 0 Å². The Morgan fingerprint density at radius 3 is 1.41 bits per heavy atom. The molecule has 0 bridgehead atoms. The number of ether oxygens (including phenoxy) is 4. The van der Waals surface area contributed by atoms with Gasteiger partial charge in [0.2, 0.25) is 0 Å². The van der Waals surface area contributed by atoms with Gasteiger partial charge < -0.3 is 39.4 Å². The summed E-state index contributed by atoms with van der Waals surface area (Å²) in [5.41, 5.74) is 0. The van der Waals surface area contributed by atoms with Crippen LogP contribution in [0.5, 0.6) is 0 Å². The summed E-state index contributed by atoms with van der Waals surface area (Å²) in [6.45, 7) is 4.37. The first-order valence-electron chi connectivity index (χ1n) is 26.3. The van der Waals surface area contributed by atoms with E-state index in [-0.39, 0.29) is 19.2 Å². The number of hydrogen-bond acceptors (Lipinski definition) is 9. The first kappa shape index (κ1) is 61.1. The van der Waals surface area contributed by atoms with Crippen LogP contribution >= 0.6 is 0 Å². The number of carbonyl (C=O) groups excluding carboxylic acids is 1. The van der Waals surface area contributed by atoms with E-state index in [1.165, 1.54) is 70.6 Å². The number of esters is 1. The molecule has 0 amide bonds. The largest absolute Gasteiger partial charge is 0.457 e. The first-order chi connectivity index (χ1) is 32.4. The van der Waals surface area contributed by atoms with Crippen molar-refractivity contribution in [3.63, 3.8) is 0 Å². The standard InChI is InChI=1S/C57H96O9/c1-3-5-7-9-11-13-15-17-19-21-22-23-24-25-26-27-28-29-31-33-35-37-39-41-43-45-47-63-49-51(50-64-57-56(62)55(61)54(60)52(48-58)66-57)65-53(59)46-44-42-40-38-36-34-32-30-20-18-16-14-12-10-8-6-4-2/h5,7,11,13,17-20,22-23,25-26,28-29,33,35,51-52,54-58,60-62H,3-4,6,8-10,12,14-16,21,24,27,30-32,34,36-50H2,1-2H3/b7-5-,13-11-,19-17-,20-18-,23-22-,26-25-,29-28-,35-33-. The third kappa shape index (κ3) is 37.1. The number of hydrogen-bond donors (Lipinski definition) is 4. The highest BCUT2D eigenvalue weighted by Gasteiger charge is 2.44. The van der Waals surface area contributed by atoms with Crippen molar-refractivity contribution in [1.82, 2.24) is 0 Å². The Morgan fingerprint density at radius 2 is 0.924 bits per heavy atom. The average Bonchev–Trinajstić information content (AvgIpc) is 3.32. The van der Waals surface area contributed by atoms with Gasteiger partial charge in [-0.15, -0.1) is 0 Å². The maximum atomic E-state index is 12.8. The molecule has 0 radical (unpaired) electrons. The summed E-state index contributed by atoms with van der Waals surface area (Å²) >= 11 is 0. The molecular formula is C57H96O9. The van der Waals surface area contributed by atoms with Gasteiger partial charge in [0.15, 0.2) is 6.29 Å². The summed E-state index contributed by atoms with van der Waals surface area (Å²) in [5.74, 6) is -0.331. The van der Waals surface area contributed by atoms with Crippen LogP contribution in [-0.4, -0.2) is 89.6 Å². The molecular weight excluding hydrogens is 829 g/mol. The quantitative estimate of drug-likeness (QED) is 0.0268. The molecule has 66 heavy (non-hydrogen) atoms. The van der Waals surface area contributed by atoms with E-state index in [0.29, 0.717) is 13.0 Å². The van der Waals surface area contributed by atoms with Crippen molar-refractivity contribution in [3.05, 3.63) is 97.2 Å². The van der Waals surface area contributed by atoms with Crippen LogP contribution in [0.25, 0.3) is 0 Å². The molecule has 0 aromatic heterocycles. The van der Waals surface area contributed by atoms with Crippen LogP contribution in [0, 0.1) is 0 Å². The lowest BCUT2D eigenvalue weighted by Crippen LogP contribution is -2.59. The molecule has 1 saturated heterocycles. The number of allylic oxidation sites excluding steroid dienone is 16. The molecule has 378 valence electrons. The Bertz CT molecular complexity index is 1330. The fraction of sp³-hybridized carbons (Fsp3) is 0.702. The van der Waals surface area contributed by atoms with E-state index in [4.69, 9.17) is 18.9 Å². The molecule has 1 rings (SSSR count). The van der Waals surface area contributed by atoms with Crippen molar-refractivity contribution >= 4 is 5.97 Å². The first-order valence-corrected chi connectivity index (χ1v) is 26.3. The predicted octanol–water partition coefficient (Wildman–Crippen LogP) is 13.1. The summed E-state index contributed by atoms with van der Waals surface area (Å²) in [6, 6.07) is 0. The topological polar surface area (TPSA) is 135 Å². The Balaban J connectivity index is 2.24. The van der Waals surface area contributed by atoms with Gasteiger partial charge in [-0.1, -0.05) is 188 Å². The van der Waals surface area contributed by atoms with E-state index in [1.807, 2.05) is 0 Å². The van der Waals surface area contributed by atoms with Gasteiger partial charge in [0.1, 0.15) is 30.5 Å². The van der Waals surface area contributed by atoms with Gasteiger partial charge in [0, 0.05) is 13.0 Å². The number of unbranched alkanes of at least 4 members (excludes halogenated alkanes) is 17. The molecule has 1 aliphatic rings. The van der Waals surface area contributed by atoms with Gasteiger partial charge in [-0.2, -0.15) is 0 Å². The average molecular weight is 925 g/mol. The molecule has 0 aromatic carbocycles. The normalized spacial score (nSPS) is 20.1. The lowest BCUT2D eigenvalue weighted by Gasteiger charge is -2.39. The Labute approximate surface area is 402 Å². The van der Waals surface area contributed by atoms with Crippen molar-refractivity contribution in [2.24, 2.45) is 0 Å². The second kappa shape index (κ2) is 47.2. The van der Waals surface area contributed by atoms with Gasteiger partial charge in [0.25, 0.3) is 0 Å². The van der Waals surface area contributed by atoms with Gasteiger partial charge in [-0.05, 0) is 96.3 Å². The summed E-state index contributed by atoms with van der Waals surface area (Å²) in [5, 5.41) is 40.3. The van der Waals surface area contributed by atoms with Crippen molar-refractivity contribution in [3.8, 4) is 0 Å². The van der Waals surface area contributed by atoms with Crippen LogP contribution in [-0.2, 0) is 23.7 Å².